The predicted molar refractivity (Wildman–Crippen MR) is 140 cm³/mol. The molecule has 2 N–H and O–H groups in total. The molecule has 2 aliphatic rings. The van der Waals surface area contributed by atoms with Crippen LogP contribution in [0.5, 0.6) is 11.5 Å². The third-order valence-electron chi connectivity index (χ3n) is 7.08. The van der Waals surface area contributed by atoms with Gasteiger partial charge in [-0.25, -0.2) is 8.78 Å². The van der Waals surface area contributed by atoms with Crippen molar-refractivity contribution in [1.82, 2.24) is 10.2 Å². The second-order valence-electron chi connectivity index (χ2n) is 9.73. The molecule has 1 saturated heterocycles. The average Bonchev–Trinajstić information content (AvgIpc) is 3.47. The Morgan fingerprint density at radius 1 is 0.949 bits per heavy atom. The molecule has 8 nitrogen and oxygen atoms in total. The van der Waals surface area contributed by atoms with E-state index in [-0.39, 0.29) is 36.1 Å². The van der Waals surface area contributed by atoms with E-state index in [1.165, 1.54) is 24.3 Å². The maximum Gasteiger partial charge on any atom is 0.253 e. The summed E-state index contributed by atoms with van der Waals surface area (Å²) < 4.78 is 38.8. The van der Waals surface area contributed by atoms with Crippen LogP contribution in [0.1, 0.15) is 36.1 Å². The first-order valence-electron chi connectivity index (χ1n) is 12.9. The molecule has 2 aliphatic heterocycles. The quantitative estimate of drug-likeness (QED) is 0.389. The van der Waals surface area contributed by atoms with Crippen LogP contribution < -0.4 is 14.8 Å². The van der Waals surface area contributed by atoms with Crippen molar-refractivity contribution in [3.05, 3.63) is 88.3 Å². The molecule has 0 bridgehead atoms. The highest BCUT2D eigenvalue weighted by Gasteiger charge is 2.32. The Hall–Kier alpha value is -3.89. The molecule has 1 fully saturated rings. The predicted octanol–water partition coefficient (Wildman–Crippen LogP) is 4.52. The van der Waals surface area contributed by atoms with Crippen LogP contribution in [0.25, 0.3) is 11.1 Å². The molecular formula is C29H29F2N3O5. The number of hydrogen-bond acceptors (Lipinski definition) is 7. The molecular weight excluding hydrogens is 508 g/mol. The van der Waals surface area contributed by atoms with E-state index in [9.17, 15) is 23.6 Å². The Morgan fingerprint density at radius 2 is 1.59 bits per heavy atom. The molecule has 39 heavy (non-hydrogen) atoms. The van der Waals surface area contributed by atoms with Crippen LogP contribution in [0, 0.1) is 16.5 Å². The summed E-state index contributed by atoms with van der Waals surface area (Å²) in [5.74, 6) is -1.51. The second-order valence-corrected chi connectivity index (χ2v) is 9.73. The number of nitrogens with one attached hydrogen (secondary N) is 1. The summed E-state index contributed by atoms with van der Waals surface area (Å²) in [5.41, 5.74) is 2.16. The van der Waals surface area contributed by atoms with Gasteiger partial charge in [-0.1, -0.05) is 41.6 Å². The minimum atomic E-state index is -1.36. The van der Waals surface area contributed by atoms with Crippen LogP contribution >= 0.6 is 0 Å². The molecule has 10 heteroatoms. The van der Waals surface area contributed by atoms with Gasteiger partial charge in [-0.2, -0.15) is 0 Å². The zero-order valence-electron chi connectivity index (χ0n) is 21.2. The number of carbonyl (C=O) groups excluding carboxylic acids is 1. The van der Waals surface area contributed by atoms with E-state index in [1.54, 1.807) is 36.4 Å². The minimum Gasteiger partial charge on any atom is -0.486 e. The minimum absolute atomic E-state index is 0.00775. The van der Waals surface area contributed by atoms with Crippen LogP contribution in [-0.4, -0.2) is 54.8 Å². The molecule has 0 spiro atoms. The highest BCUT2D eigenvalue weighted by Crippen LogP contribution is 2.36. The lowest BCUT2D eigenvalue weighted by Crippen LogP contribution is -2.48. The summed E-state index contributed by atoms with van der Waals surface area (Å²) in [5, 5.41) is 17.1. The maximum absolute atomic E-state index is 14.7. The standard InChI is InChI=1S/C29H29F2N3O5/c30-22-9-7-19(8-10-22)18-3-5-20(6-4-18)26(33-37)29(36)32-24(17-34-11-1-2-12-34)27(35)21-15-23(31)28-25(16-21)38-13-14-39-28/h3-10,15-16,24,26-27,35H,1-2,11-14,17H2,(H,32,36). The first-order chi connectivity index (χ1) is 18.9. The van der Waals surface area contributed by atoms with E-state index in [0.29, 0.717) is 12.1 Å². The van der Waals surface area contributed by atoms with Crippen molar-refractivity contribution in [3.63, 3.8) is 0 Å². The average molecular weight is 538 g/mol. The zero-order chi connectivity index (χ0) is 27.4. The van der Waals surface area contributed by atoms with Crippen LogP contribution in [0.3, 0.4) is 0 Å². The van der Waals surface area contributed by atoms with Crippen molar-refractivity contribution in [1.29, 1.82) is 0 Å². The lowest BCUT2D eigenvalue weighted by molar-refractivity contribution is -0.124. The van der Waals surface area contributed by atoms with E-state index in [4.69, 9.17) is 9.47 Å². The van der Waals surface area contributed by atoms with Gasteiger partial charge in [0.2, 0.25) is 0 Å². The Kier molecular flexibility index (Phi) is 8.13. The highest BCUT2D eigenvalue weighted by molar-refractivity contribution is 5.84. The number of carbonyl (C=O) groups is 1. The number of likely N-dealkylation sites (tertiary alicyclic amines) is 1. The topological polar surface area (TPSA) is 100 Å². The molecule has 2 heterocycles. The first-order valence-corrected chi connectivity index (χ1v) is 12.9. The number of benzene rings is 3. The molecule has 0 radical (unpaired) electrons. The zero-order valence-corrected chi connectivity index (χ0v) is 21.2. The lowest BCUT2D eigenvalue weighted by atomic mass is 9.98. The summed E-state index contributed by atoms with van der Waals surface area (Å²) in [7, 11) is 0. The van der Waals surface area contributed by atoms with Crippen molar-refractivity contribution in [3.8, 4) is 22.6 Å². The van der Waals surface area contributed by atoms with E-state index in [1.807, 2.05) is 0 Å². The number of ether oxygens (including phenoxy) is 2. The summed E-state index contributed by atoms with van der Waals surface area (Å²) in [6.07, 6.45) is 0.705. The maximum atomic E-state index is 14.7. The Labute approximate surface area is 224 Å². The van der Waals surface area contributed by atoms with Crippen LogP contribution in [0.2, 0.25) is 0 Å². The number of aliphatic hydroxyl groups excluding tert-OH is 1. The summed E-state index contributed by atoms with van der Waals surface area (Å²) in [4.78, 5) is 27.2. The molecule has 3 atom stereocenters. The van der Waals surface area contributed by atoms with Crippen molar-refractivity contribution in [2.45, 2.75) is 31.0 Å². The third-order valence-corrected chi connectivity index (χ3v) is 7.08. The molecule has 1 amide bonds. The molecule has 204 valence electrons. The fraction of sp³-hybridized carbons (Fsp3) is 0.345. The number of fused-ring (bicyclic) bond motifs is 1. The van der Waals surface area contributed by atoms with E-state index in [0.717, 1.165) is 37.1 Å². The van der Waals surface area contributed by atoms with E-state index in [2.05, 4.69) is 15.4 Å². The van der Waals surface area contributed by atoms with Gasteiger partial charge < -0.3 is 24.8 Å². The van der Waals surface area contributed by atoms with Gasteiger partial charge in [-0.3, -0.25) is 4.79 Å². The Bertz CT molecular complexity index is 1310. The van der Waals surface area contributed by atoms with Crippen LogP contribution in [0.4, 0.5) is 8.78 Å². The van der Waals surface area contributed by atoms with Gasteiger partial charge in [0.25, 0.3) is 5.91 Å². The van der Waals surface area contributed by atoms with Crippen LogP contribution in [-0.2, 0) is 4.79 Å². The van der Waals surface area contributed by atoms with Crippen molar-refractivity contribution in [2.75, 3.05) is 32.8 Å². The van der Waals surface area contributed by atoms with Gasteiger partial charge in [-0.15, -0.1) is 4.91 Å². The second kappa shape index (κ2) is 11.9. The number of nitroso groups, excluding NO2 is 1. The Morgan fingerprint density at radius 3 is 2.26 bits per heavy atom. The largest absolute Gasteiger partial charge is 0.486 e. The summed E-state index contributed by atoms with van der Waals surface area (Å²) >= 11 is 0. The van der Waals surface area contributed by atoms with Gasteiger partial charge in [0, 0.05) is 6.54 Å². The lowest BCUT2D eigenvalue weighted by Gasteiger charge is -2.30. The van der Waals surface area contributed by atoms with Crippen molar-refractivity contribution in [2.24, 2.45) is 5.18 Å². The van der Waals surface area contributed by atoms with Crippen LogP contribution in [0.15, 0.2) is 65.8 Å². The summed E-state index contributed by atoms with van der Waals surface area (Å²) in [6, 6.07) is 13.1. The summed E-state index contributed by atoms with van der Waals surface area (Å²) in [6.45, 7) is 2.39. The third kappa shape index (κ3) is 6.07. The fourth-order valence-corrected chi connectivity index (χ4v) is 5.02. The molecule has 5 rings (SSSR count). The number of aliphatic hydroxyl groups is 1. The van der Waals surface area contributed by atoms with Crippen molar-refractivity contribution >= 4 is 5.91 Å². The Balaban J connectivity index is 1.36. The van der Waals surface area contributed by atoms with E-state index < -0.39 is 29.9 Å². The molecule has 0 aromatic heterocycles. The molecule has 3 unspecified atom stereocenters. The SMILES string of the molecule is O=NC(C(=O)NC(CN1CCCC1)C(O)c1cc(F)c2c(c1)OCCO2)c1ccc(-c2ccc(F)cc2)cc1. The molecule has 3 aromatic carbocycles. The van der Waals surface area contributed by atoms with Gasteiger partial charge >= 0.3 is 0 Å². The number of rotatable bonds is 9. The molecule has 0 saturated carbocycles. The number of amides is 1. The molecule has 3 aromatic rings. The monoisotopic (exact) mass is 537 g/mol. The van der Waals surface area contributed by atoms with Gasteiger partial charge in [0.1, 0.15) is 25.1 Å². The number of nitrogens with zero attached hydrogens (tertiary/aromatic N) is 2. The molecule has 0 aliphatic carbocycles. The smallest absolute Gasteiger partial charge is 0.253 e. The number of hydrogen-bond donors (Lipinski definition) is 2. The van der Waals surface area contributed by atoms with E-state index >= 15 is 0 Å². The van der Waals surface area contributed by atoms with Gasteiger partial charge in [0.15, 0.2) is 23.4 Å². The fourth-order valence-electron chi connectivity index (χ4n) is 5.02. The number of halogens is 2. The first kappa shape index (κ1) is 26.7. The van der Waals surface area contributed by atoms with Gasteiger partial charge in [0.05, 0.1) is 6.04 Å². The van der Waals surface area contributed by atoms with Gasteiger partial charge in [-0.05, 0) is 72.5 Å². The normalized spacial score (nSPS) is 17.3. The highest BCUT2D eigenvalue weighted by atomic mass is 19.1. The van der Waals surface area contributed by atoms with Crippen molar-refractivity contribution < 1.29 is 28.2 Å².